The van der Waals surface area contributed by atoms with Gasteiger partial charge in [-0.25, -0.2) is 4.98 Å². The lowest BCUT2D eigenvalue weighted by molar-refractivity contribution is -0.118. The van der Waals surface area contributed by atoms with Crippen molar-refractivity contribution in [2.24, 2.45) is 4.99 Å². The van der Waals surface area contributed by atoms with Crippen molar-refractivity contribution in [2.75, 3.05) is 11.9 Å². The second kappa shape index (κ2) is 6.81. The molecular formula is C24H22N8O. The van der Waals surface area contributed by atoms with Gasteiger partial charge in [-0.3, -0.25) is 28.8 Å². The number of hydrogen-bond acceptors (Lipinski definition) is 6. The van der Waals surface area contributed by atoms with Crippen molar-refractivity contribution in [1.82, 2.24) is 29.1 Å². The van der Waals surface area contributed by atoms with E-state index in [0.717, 1.165) is 39.5 Å². The van der Waals surface area contributed by atoms with E-state index in [1.165, 1.54) is 12.8 Å². The van der Waals surface area contributed by atoms with E-state index in [1.54, 1.807) is 18.1 Å². The molecule has 1 amide bonds. The van der Waals surface area contributed by atoms with Gasteiger partial charge >= 0.3 is 0 Å². The molecule has 9 nitrogen and oxygen atoms in total. The third-order valence-corrected chi connectivity index (χ3v) is 6.75. The van der Waals surface area contributed by atoms with Gasteiger partial charge in [-0.2, -0.15) is 10.1 Å². The molecule has 164 valence electrons. The molecule has 0 spiro atoms. The van der Waals surface area contributed by atoms with Gasteiger partial charge in [0.25, 0.3) is 0 Å². The van der Waals surface area contributed by atoms with Gasteiger partial charge in [0, 0.05) is 67.4 Å². The highest BCUT2D eigenvalue weighted by atomic mass is 16.2. The summed E-state index contributed by atoms with van der Waals surface area (Å²) in [5.41, 5.74) is 6.91. The molecule has 0 atom stereocenters. The number of aliphatic imine (C=N–C) groups is 1. The first-order valence-corrected chi connectivity index (χ1v) is 11.4. The topological polar surface area (TPSA) is 93.6 Å². The average Bonchev–Trinajstić information content (AvgIpc) is 3.28. The third-order valence-electron chi connectivity index (χ3n) is 6.75. The Kier molecular flexibility index (Phi) is 3.85. The highest BCUT2D eigenvalue weighted by molar-refractivity contribution is 6.16. The van der Waals surface area contributed by atoms with E-state index in [4.69, 9.17) is 20.1 Å². The summed E-state index contributed by atoms with van der Waals surface area (Å²) in [5.74, 6) is 1.66. The minimum atomic E-state index is 0.0166. The first-order chi connectivity index (χ1) is 16.2. The Labute approximate surface area is 189 Å². The minimum absolute atomic E-state index is 0.0166. The van der Waals surface area contributed by atoms with Gasteiger partial charge in [0.2, 0.25) is 11.7 Å². The quantitative estimate of drug-likeness (QED) is 0.455. The predicted molar refractivity (Wildman–Crippen MR) is 122 cm³/mol. The molecule has 6 heterocycles. The number of amides is 1. The van der Waals surface area contributed by atoms with Crippen molar-refractivity contribution >= 4 is 23.2 Å². The number of imidazole rings is 1. The zero-order valence-corrected chi connectivity index (χ0v) is 18.3. The number of fused-ring (bicyclic) bond motifs is 8. The van der Waals surface area contributed by atoms with E-state index in [0.29, 0.717) is 43.4 Å². The molecule has 2 aliphatic heterocycles. The predicted octanol–water partition coefficient (Wildman–Crippen LogP) is 2.97. The molecule has 0 aromatic carbocycles. The summed E-state index contributed by atoms with van der Waals surface area (Å²) >= 11 is 0. The number of anilines is 1. The fourth-order valence-electron chi connectivity index (χ4n) is 4.87. The second-order valence-electron chi connectivity index (χ2n) is 8.98. The number of aryl methyl sites for hydroxylation is 1. The zero-order chi connectivity index (χ0) is 22.1. The normalized spacial score (nSPS) is 17.8. The van der Waals surface area contributed by atoms with Gasteiger partial charge in [0.15, 0.2) is 5.82 Å². The standard InChI is InChI=1S/C24H22N8O/c1-30-19(33)4-2-8-31-13-17(20(29-31)14-5-6-14)21-16-10-15(11-26-18(16)12-27-21)22-23(30)28-24-25-7-3-9-32(22)24/h3,7,9-11,13-14H,2,4-6,8,12H2,1H3. The van der Waals surface area contributed by atoms with E-state index in [9.17, 15) is 4.79 Å². The first-order valence-electron chi connectivity index (χ1n) is 11.4. The highest BCUT2D eigenvalue weighted by Gasteiger charge is 2.33. The van der Waals surface area contributed by atoms with Gasteiger partial charge in [0.1, 0.15) is 5.69 Å². The first kappa shape index (κ1) is 18.7. The molecule has 7 rings (SSSR count). The lowest BCUT2D eigenvalue weighted by atomic mass is 9.99. The van der Waals surface area contributed by atoms with Crippen molar-refractivity contribution in [3.63, 3.8) is 0 Å². The number of nitrogens with zero attached hydrogens (tertiary/aromatic N) is 8. The lowest BCUT2D eigenvalue weighted by Crippen LogP contribution is -2.27. The van der Waals surface area contributed by atoms with Crippen LogP contribution in [0.1, 0.15) is 54.1 Å². The van der Waals surface area contributed by atoms with Crippen molar-refractivity contribution in [3.8, 4) is 11.3 Å². The summed E-state index contributed by atoms with van der Waals surface area (Å²) < 4.78 is 3.91. The Morgan fingerprint density at radius 1 is 1.15 bits per heavy atom. The van der Waals surface area contributed by atoms with Crippen LogP contribution in [-0.4, -0.2) is 47.8 Å². The molecule has 4 aromatic heterocycles. The van der Waals surface area contributed by atoms with E-state index in [1.807, 2.05) is 27.5 Å². The Morgan fingerprint density at radius 3 is 2.94 bits per heavy atom. The van der Waals surface area contributed by atoms with Crippen molar-refractivity contribution < 1.29 is 4.79 Å². The van der Waals surface area contributed by atoms with Crippen LogP contribution in [0, 0.1) is 0 Å². The SMILES string of the molecule is CN1C(=O)CCCn2cc(c(C3CC3)n2)C2=NCc3ncc(cc32)-c2c1nc1ncccn21. The third kappa shape index (κ3) is 2.84. The monoisotopic (exact) mass is 438 g/mol. The zero-order valence-electron chi connectivity index (χ0n) is 18.3. The largest absolute Gasteiger partial charge is 0.298 e. The van der Waals surface area contributed by atoms with Crippen LogP contribution in [0.5, 0.6) is 0 Å². The van der Waals surface area contributed by atoms with Crippen LogP contribution < -0.4 is 4.90 Å². The van der Waals surface area contributed by atoms with Crippen LogP contribution in [0.25, 0.3) is 17.0 Å². The van der Waals surface area contributed by atoms with Crippen LogP contribution in [0.4, 0.5) is 5.82 Å². The summed E-state index contributed by atoms with van der Waals surface area (Å²) in [6.45, 7) is 1.26. The lowest BCUT2D eigenvalue weighted by Gasteiger charge is -2.17. The number of carbonyl (C=O) groups excluding carboxylic acids is 1. The summed E-state index contributed by atoms with van der Waals surface area (Å²) in [5, 5.41) is 4.91. The number of carbonyl (C=O) groups is 1. The second-order valence-corrected chi connectivity index (χ2v) is 8.98. The molecule has 33 heavy (non-hydrogen) atoms. The molecule has 0 saturated heterocycles. The molecular weight excluding hydrogens is 416 g/mol. The Balaban J connectivity index is 1.48. The van der Waals surface area contributed by atoms with Crippen LogP contribution in [-0.2, 0) is 17.9 Å². The van der Waals surface area contributed by atoms with Crippen LogP contribution >= 0.6 is 0 Å². The maximum Gasteiger partial charge on any atom is 0.236 e. The van der Waals surface area contributed by atoms with Gasteiger partial charge in [-0.15, -0.1) is 0 Å². The van der Waals surface area contributed by atoms with E-state index in [-0.39, 0.29) is 5.91 Å². The van der Waals surface area contributed by atoms with Gasteiger partial charge in [0.05, 0.1) is 23.6 Å². The molecule has 0 unspecified atom stereocenters. The Hall–Kier alpha value is -3.88. The smallest absolute Gasteiger partial charge is 0.236 e. The molecule has 0 N–H and O–H groups in total. The molecule has 9 heteroatoms. The highest BCUT2D eigenvalue weighted by Crippen LogP contribution is 2.42. The minimum Gasteiger partial charge on any atom is -0.298 e. The maximum absolute atomic E-state index is 13.1. The fraction of sp³-hybridized carbons (Fsp3) is 0.333. The molecule has 0 radical (unpaired) electrons. The molecule has 4 bridgehead atoms. The van der Waals surface area contributed by atoms with E-state index < -0.39 is 0 Å². The summed E-state index contributed by atoms with van der Waals surface area (Å²) in [6.07, 6.45) is 11.1. The van der Waals surface area contributed by atoms with E-state index in [2.05, 4.69) is 17.2 Å². The summed E-state index contributed by atoms with van der Waals surface area (Å²) in [4.78, 5) is 33.5. The Bertz CT molecular complexity index is 1480. The number of hydrogen-bond donors (Lipinski definition) is 0. The molecule has 1 aliphatic carbocycles. The van der Waals surface area contributed by atoms with Gasteiger partial charge < -0.3 is 0 Å². The Morgan fingerprint density at radius 2 is 2.06 bits per heavy atom. The van der Waals surface area contributed by atoms with Crippen molar-refractivity contribution in [2.45, 2.75) is 44.7 Å². The van der Waals surface area contributed by atoms with Gasteiger partial charge in [-0.1, -0.05) is 0 Å². The number of pyridine rings is 1. The van der Waals surface area contributed by atoms with E-state index >= 15 is 0 Å². The van der Waals surface area contributed by atoms with Gasteiger partial charge in [-0.05, 0) is 31.4 Å². The fourth-order valence-corrected chi connectivity index (χ4v) is 4.87. The van der Waals surface area contributed by atoms with Crippen LogP contribution in [0.15, 0.2) is 41.9 Å². The van der Waals surface area contributed by atoms with Crippen molar-refractivity contribution in [1.29, 1.82) is 0 Å². The average molecular weight is 438 g/mol. The number of rotatable bonds is 1. The van der Waals surface area contributed by atoms with Crippen LogP contribution in [0.3, 0.4) is 0 Å². The molecule has 1 fully saturated rings. The maximum atomic E-state index is 13.1. The molecule has 1 saturated carbocycles. The summed E-state index contributed by atoms with van der Waals surface area (Å²) in [7, 11) is 1.78. The summed E-state index contributed by atoms with van der Waals surface area (Å²) in [6, 6.07) is 4.00. The number of aromatic nitrogens is 6. The molecule has 3 aliphatic rings. The van der Waals surface area contributed by atoms with Crippen molar-refractivity contribution in [3.05, 3.63) is 59.4 Å². The molecule has 4 aromatic rings. The van der Waals surface area contributed by atoms with Crippen LogP contribution in [0.2, 0.25) is 0 Å².